The molecule has 0 fully saturated rings. The summed E-state index contributed by atoms with van der Waals surface area (Å²) in [5.74, 6) is 1.43. The molecule has 0 spiro atoms. The molecule has 0 aliphatic heterocycles. The number of hydrogen-bond donors (Lipinski definition) is 0. The molecule has 30 heavy (non-hydrogen) atoms. The van der Waals surface area contributed by atoms with Crippen molar-refractivity contribution in [3.63, 3.8) is 0 Å². The van der Waals surface area contributed by atoms with E-state index in [-0.39, 0.29) is 5.91 Å². The molecule has 1 aromatic heterocycles. The van der Waals surface area contributed by atoms with Gasteiger partial charge in [0.15, 0.2) is 0 Å². The van der Waals surface area contributed by atoms with Crippen LogP contribution in [-0.2, 0) is 16.1 Å². The van der Waals surface area contributed by atoms with E-state index >= 15 is 0 Å². The number of para-hydroxylation sites is 1. The maximum absolute atomic E-state index is 12.5. The van der Waals surface area contributed by atoms with E-state index in [9.17, 15) is 4.79 Å². The van der Waals surface area contributed by atoms with Gasteiger partial charge >= 0.3 is 0 Å². The Labute approximate surface area is 178 Å². The second-order valence-electron chi connectivity index (χ2n) is 7.20. The molecular formula is C24H29N3O3. The predicted molar refractivity (Wildman–Crippen MR) is 117 cm³/mol. The van der Waals surface area contributed by atoms with Crippen LogP contribution in [0.2, 0.25) is 0 Å². The molecule has 0 bridgehead atoms. The zero-order chi connectivity index (χ0) is 21.5. The highest BCUT2D eigenvalue weighted by Crippen LogP contribution is 2.32. The van der Waals surface area contributed by atoms with E-state index in [4.69, 9.17) is 14.6 Å². The molecule has 3 aromatic rings. The minimum atomic E-state index is 0.0698. The van der Waals surface area contributed by atoms with Crippen molar-refractivity contribution in [3.8, 4) is 17.3 Å². The van der Waals surface area contributed by atoms with Crippen molar-refractivity contribution in [1.29, 1.82) is 0 Å². The molecule has 0 unspecified atom stereocenters. The van der Waals surface area contributed by atoms with Crippen molar-refractivity contribution in [2.75, 3.05) is 20.3 Å². The lowest BCUT2D eigenvalue weighted by Crippen LogP contribution is -2.33. The van der Waals surface area contributed by atoms with Crippen LogP contribution in [0.5, 0.6) is 11.6 Å². The Morgan fingerprint density at radius 1 is 1.10 bits per heavy atom. The summed E-state index contributed by atoms with van der Waals surface area (Å²) in [6.07, 6.45) is 0.434. The molecule has 0 atom stereocenters. The molecule has 3 rings (SSSR count). The summed E-state index contributed by atoms with van der Waals surface area (Å²) in [5.41, 5.74) is 3.73. The summed E-state index contributed by atoms with van der Waals surface area (Å²) in [5, 5.41) is 4.74. The summed E-state index contributed by atoms with van der Waals surface area (Å²) in [7, 11) is 1.64. The third-order valence-electron chi connectivity index (χ3n) is 4.91. The van der Waals surface area contributed by atoms with Gasteiger partial charge in [-0.05, 0) is 43.7 Å². The van der Waals surface area contributed by atoms with Crippen LogP contribution in [0.25, 0.3) is 5.69 Å². The molecule has 6 heteroatoms. The molecule has 0 radical (unpaired) electrons. The molecule has 2 aromatic carbocycles. The molecule has 0 N–H and O–H groups in total. The Balaban J connectivity index is 2.04. The highest BCUT2D eigenvalue weighted by atomic mass is 16.5. The second kappa shape index (κ2) is 10.1. The van der Waals surface area contributed by atoms with E-state index in [1.54, 1.807) is 16.7 Å². The number of aromatic nitrogens is 2. The highest BCUT2D eigenvalue weighted by Gasteiger charge is 2.23. The van der Waals surface area contributed by atoms with Crippen molar-refractivity contribution >= 4 is 5.91 Å². The summed E-state index contributed by atoms with van der Waals surface area (Å²) < 4.78 is 13.4. The van der Waals surface area contributed by atoms with Crippen LogP contribution < -0.4 is 4.74 Å². The van der Waals surface area contributed by atoms with Crippen LogP contribution in [0.4, 0.5) is 0 Å². The topological polar surface area (TPSA) is 56.6 Å². The third kappa shape index (κ3) is 5.07. The van der Waals surface area contributed by atoms with Gasteiger partial charge in [0.25, 0.3) is 0 Å². The first kappa shape index (κ1) is 21.6. The molecule has 0 saturated carbocycles. The van der Waals surface area contributed by atoms with Gasteiger partial charge in [-0.2, -0.15) is 5.10 Å². The van der Waals surface area contributed by atoms with Gasteiger partial charge in [-0.15, -0.1) is 0 Å². The second-order valence-corrected chi connectivity index (χ2v) is 7.20. The van der Waals surface area contributed by atoms with E-state index < -0.39 is 0 Å². The molecule has 1 amide bonds. The summed E-state index contributed by atoms with van der Waals surface area (Å²) in [4.78, 5) is 14.3. The average Bonchev–Trinajstić information content (AvgIpc) is 3.06. The minimum Gasteiger partial charge on any atom is -0.439 e. The lowest BCUT2D eigenvalue weighted by atomic mass is 10.2. The molecule has 158 valence electrons. The fourth-order valence-corrected chi connectivity index (χ4v) is 3.27. The van der Waals surface area contributed by atoms with Crippen molar-refractivity contribution in [1.82, 2.24) is 14.7 Å². The predicted octanol–water partition coefficient (Wildman–Crippen LogP) is 4.67. The Morgan fingerprint density at radius 3 is 2.53 bits per heavy atom. The third-order valence-corrected chi connectivity index (χ3v) is 4.91. The van der Waals surface area contributed by atoms with Gasteiger partial charge in [0, 0.05) is 20.1 Å². The van der Waals surface area contributed by atoms with Gasteiger partial charge in [-0.1, -0.05) is 37.3 Å². The van der Waals surface area contributed by atoms with Crippen LogP contribution >= 0.6 is 0 Å². The number of amides is 1. The standard InChI is InChI=1S/C24H29N3O3/c1-5-23(28)26(14-15-29-4)17-22-19(3)25-27(20-11-7-6-8-12-20)24(22)30-21-13-9-10-18(2)16-21/h6-13,16H,5,14-15,17H2,1-4H3. The summed E-state index contributed by atoms with van der Waals surface area (Å²) >= 11 is 0. The van der Waals surface area contributed by atoms with E-state index in [1.165, 1.54) is 0 Å². The SMILES string of the molecule is CCC(=O)N(CCOC)Cc1c(C)nn(-c2ccccc2)c1Oc1cccc(C)c1. The van der Waals surface area contributed by atoms with Gasteiger partial charge in [-0.25, -0.2) is 4.68 Å². The molecule has 0 aliphatic rings. The normalized spacial score (nSPS) is 10.8. The number of rotatable bonds is 9. The van der Waals surface area contributed by atoms with Gasteiger partial charge < -0.3 is 14.4 Å². The lowest BCUT2D eigenvalue weighted by Gasteiger charge is -2.22. The molecule has 0 aliphatic carbocycles. The van der Waals surface area contributed by atoms with Gasteiger partial charge in [0.2, 0.25) is 11.8 Å². The monoisotopic (exact) mass is 407 g/mol. The van der Waals surface area contributed by atoms with E-state index in [0.29, 0.717) is 32.0 Å². The summed E-state index contributed by atoms with van der Waals surface area (Å²) in [6.45, 7) is 7.25. The number of ether oxygens (including phenoxy) is 2. The Kier molecular flexibility index (Phi) is 7.25. The van der Waals surface area contributed by atoms with Crippen LogP contribution in [-0.4, -0.2) is 40.8 Å². The Hall–Kier alpha value is -3.12. The zero-order valence-corrected chi connectivity index (χ0v) is 18.1. The van der Waals surface area contributed by atoms with Gasteiger partial charge in [0.1, 0.15) is 5.75 Å². The minimum absolute atomic E-state index is 0.0698. The Bertz CT molecular complexity index is 983. The van der Waals surface area contributed by atoms with Crippen molar-refractivity contribution in [2.24, 2.45) is 0 Å². The van der Waals surface area contributed by atoms with Crippen LogP contribution in [0.3, 0.4) is 0 Å². The largest absolute Gasteiger partial charge is 0.439 e. The quantitative estimate of drug-likeness (QED) is 0.517. The molecule has 1 heterocycles. The Morgan fingerprint density at radius 2 is 1.87 bits per heavy atom. The van der Waals surface area contributed by atoms with Crippen molar-refractivity contribution in [2.45, 2.75) is 33.7 Å². The average molecular weight is 408 g/mol. The van der Waals surface area contributed by atoms with Crippen LogP contribution in [0.15, 0.2) is 54.6 Å². The number of aryl methyl sites for hydroxylation is 2. The van der Waals surface area contributed by atoms with Crippen LogP contribution in [0.1, 0.15) is 30.2 Å². The van der Waals surface area contributed by atoms with E-state index in [0.717, 1.165) is 28.3 Å². The van der Waals surface area contributed by atoms with Crippen molar-refractivity contribution < 1.29 is 14.3 Å². The summed E-state index contributed by atoms with van der Waals surface area (Å²) in [6, 6.07) is 17.8. The number of nitrogens with zero attached hydrogens (tertiary/aromatic N) is 3. The fraction of sp³-hybridized carbons (Fsp3) is 0.333. The highest BCUT2D eigenvalue weighted by molar-refractivity contribution is 5.76. The first-order valence-corrected chi connectivity index (χ1v) is 10.2. The van der Waals surface area contributed by atoms with E-state index in [1.807, 2.05) is 75.4 Å². The van der Waals surface area contributed by atoms with E-state index in [2.05, 4.69) is 0 Å². The molecule has 0 saturated heterocycles. The lowest BCUT2D eigenvalue weighted by molar-refractivity contribution is -0.132. The zero-order valence-electron chi connectivity index (χ0n) is 18.1. The smallest absolute Gasteiger partial charge is 0.227 e. The first-order chi connectivity index (χ1) is 14.5. The number of methoxy groups -OCH3 is 1. The molecule has 6 nitrogen and oxygen atoms in total. The maximum Gasteiger partial charge on any atom is 0.227 e. The van der Waals surface area contributed by atoms with Crippen LogP contribution in [0, 0.1) is 13.8 Å². The number of carbonyl (C=O) groups is 1. The van der Waals surface area contributed by atoms with Gasteiger partial charge in [-0.3, -0.25) is 4.79 Å². The fourth-order valence-electron chi connectivity index (χ4n) is 3.27. The number of carbonyl (C=O) groups excluding carboxylic acids is 1. The molecular weight excluding hydrogens is 378 g/mol. The number of hydrogen-bond acceptors (Lipinski definition) is 4. The number of benzene rings is 2. The first-order valence-electron chi connectivity index (χ1n) is 10.2. The maximum atomic E-state index is 12.5. The van der Waals surface area contributed by atoms with Gasteiger partial charge in [0.05, 0.1) is 30.1 Å². The van der Waals surface area contributed by atoms with Crippen molar-refractivity contribution in [3.05, 3.63) is 71.4 Å².